The fourth-order valence-corrected chi connectivity index (χ4v) is 1.77. The Balaban J connectivity index is 2.32. The van der Waals surface area contributed by atoms with E-state index in [-0.39, 0.29) is 5.02 Å². The Labute approximate surface area is 109 Å². The molecule has 0 aliphatic rings. The van der Waals surface area contributed by atoms with Crippen molar-refractivity contribution in [2.75, 3.05) is 19.5 Å². The summed E-state index contributed by atoms with van der Waals surface area (Å²) in [6.07, 6.45) is 0.669. The number of rotatable bonds is 4. The molecule has 1 aromatic heterocycles. The highest BCUT2D eigenvalue weighted by Gasteiger charge is 2.09. The van der Waals surface area contributed by atoms with Crippen molar-refractivity contribution in [3.63, 3.8) is 0 Å². The van der Waals surface area contributed by atoms with Crippen LogP contribution >= 0.6 is 11.6 Å². The second-order valence-corrected chi connectivity index (χ2v) is 4.22. The third-order valence-electron chi connectivity index (χ3n) is 2.50. The maximum absolute atomic E-state index is 13.1. The first-order chi connectivity index (χ1) is 8.61. The number of benzene rings is 1. The normalized spacial score (nSPS) is 10.8. The molecule has 0 aliphatic carbocycles. The number of halogens is 2. The molecule has 2 aromatic rings. The summed E-state index contributed by atoms with van der Waals surface area (Å²) in [5.41, 5.74) is 7.30. The molecule has 0 aliphatic heterocycles. The molecular formula is C12H13ClFN3O. The van der Waals surface area contributed by atoms with Crippen LogP contribution in [-0.2, 0) is 11.2 Å². The van der Waals surface area contributed by atoms with Crippen molar-refractivity contribution in [3.05, 3.63) is 40.8 Å². The number of methoxy groups -OCH3 is 1. The largest absolute Gasteiger partial charge is 0.384 e. The monoisotopic (exact) mass is 269 g/mol. The molecule has 6 heteroatoms. The van der Waals surface area contributed by atoms with E-state index in [2.05, 4.69) is 5.10 Å². The van der Waals surface area contributed by atoms with Gasteiger partial charge in [0.2, 0.25) is 0 Å². The molecule has 1 heterocycles. The summed E-state index contributed by atoms with van der Waals surface area (Å²) < 4.78 is 19.6. The smallest absolute Gasteiger partial charge is 0.141 e. The van der Waals surface area contributed by atoms with Gasteiger partial charge in [0, 0.05) is 19.6 Å². The maximum Gasteiger partial charge on any atom is 0.141 e. The molecule has 96 valence electrons. The van der Waals surface area contributed by atoms with Gasteiger partial charge >= 0.3 is 0 Å². The second-order valence-electron chi connectivity index (χ2n) is 3.81. The lowest BCUT2D eigenvalue weighted by atomic mass is 10.3. The van der Waals surface area contributed by atoms with Crippen molar-refractivity contribution in [2.24, 2.45) is 0 Å². The molecule has 0 unspecified atom stereocenters. The minimum atomic E-state index is -0.467. The molecule has 1 aromatic carbocycles. The van der Waals surface area contributed by atoms with Gasteiger partial charge in [0.05, 0.1) is 23.0 Å². The van der Waals surface area contributed by atoms with Crippen LogP contribution < -0.4 is 5.73 Å². The van der Waals surface area contributed by atoms with Gasteiger partial charge in [-0.1, -0.05) is 11.6 Å². The van der Waals surface area contributed by atoms with Crippen LogP contribution in [0.1, 0.15) is 5.69 Å². The number of anilines is 1. The van der Waals surface area contributed by atoms with Crippen LogP contribution in [0.3, 0.4) is 0 Å². The van der Waals surface area contributed by atoms with E-state index in [0.717, 1.165) is 5.69 Å². The fourth-order valence-electron chi connectivity index (χ4n) is 1.60. The van der Waals surface area contributed by atoms with Gasteiger partial charge in [0.15, 0.2) is 0 Å². The van der Waals surface area contributed by atoms with E-state index in [4.69, 9.17) is 22.1 Å². The molecule has 0 spiro atoms. The average Bonchev–Trinajstić information content (AvgIpc) is 2.71. The van der Waals surface area contributed by atoms with E-state index in [9.17, 15) is 4.39 Å². The third kappa shape index (κ3) is 2.63. The highest BCUT2D eigenvalue weighted by Crippen LogP contribution is 2.21. The average molecular weight is 270 g/mol. The van der Waals surface area contributed by atoms with Gasteiger partial charge in [-0.05, 0) is 18.2 Å². The molecule has 0 atom stereocenters. The lowest BCUT2D eigenvalue weighted by molar-refractivity contribution is 0.201. The van der Waals surface area contributed by atoms with Crippen LogP contribution in [0.25, 0.3) is 5.69 Å². The number of aromatic nitrogens is 2. The molecule has 0 saturated carbocycles. The predicted octanol–water partition coefficient (Wildman–Crippen LogP) is 2.44. The van der Waals surface area contributed by atoms with Gasteiger partial charge in [-0.25, -0.2) is 9.07 Å². The van der Waals surface area contributed by atoms with Gasteiger partial charge in [-0.2, -0.15) is 5.10 Å². The first-order valence-electron chi connectivity index (χ1n) is 5.40. The van der Waals surface area contributed by atoms with E-state index < -0.39 is 5.82 Å². The van der Waals surface area contributed by atoms with Gasteiger partial charge in [-0.15, -0.1) is 0 Å². The Bertz CT molecular complexity index is 556. The Morgan fingerprint density at radius 1 is 1.44 bits per heavy atom. The highest BCUT2D eigenvalue weighted by atomic mass is 35.5. The van der Waals surface area contributed by atoms with Gasteiger partial charge in [0.1, 0.15) is 11.6 Å². The summed E-state index contributed by atoms with van der Waals surface area (Å²) in [4.78, 5) is 0. The fraction of sp³-hybridized carbons (Fsp3) is 0.250. The van der Waals surface area contributed by atoms with E-state index in [1.165, 1.54) is 16.8 Å². The SMILES string of the molecule is COCCc1cc(N)n(-c2ccc(F)c(Cl)c2)n1. The van der Waals surface area contributed by atoms with Gasteiger partial charge in [-0.3, -0.25) is 0 Å². The standard InChI is InChI=1S/C12H13ClFN3O/c1-18-5-4-8-6-12(15)17(16-8)9-2-3-11(14)10(13)7-9/h2-3,6-7H,4-5,15H2,1H3. The highest BCUT2D eigenvalue weighted by molar-refractivity contribution is 6.30. The second kappa shape index (κ2) is 5.37. The van der Waals surface area contributed by atoms with Crippen molar-refractivity contribution in [1.29, 1.82) is 0 Å². The van der Waals surface area contributed by atoms with Crippen molar-refractivity contribution < 1.29 is 9.13 Å². The van der Waals surface area contributed by atoms with Crippen molar-refractivity contribution >= 4 is 17.4 Å². The number of nitrogen functional groups attached to an aromatic ring is 1. The van der Waals surface area contributed by atoms with Gasteiger partial charge in [0.25, 0.3) is 0 Å². The Hall–Kier alpha value is -1.59. The first kappa shape index (κ1) is 12.9. The molecule has 2 rings (SSSR count). The van der Waals surface area contributed by atoms with Crippen LogP contribution in [0.4, 0.5) is 10.2 Å². The molecule has 0 amide bonds. The third-order valence-corrected chi connectivity index (χ3v) is 2.79. The molecule has 18 heavy (non-hydrogen) atoms. The summed E-state index contributed by atoms with van der Waals surface area (Å²) in [5, 5.41) is 4.36. The molecule has 4 nitrogen and oxygen atoms in total. The summed E-state index contributed by atoms with van der Waals surface area (Å²) >= 11 is 5.73. The molecule has 0 fully saturated rings. The Kier molecular flexibility index (Phi) is 3.84. The first-order valence-corrected chi connectivity index (χ1v) is 5.78. The number of hydrogen-bond acceptors (Lipinski definition) is 3. The molecular weight excluding hydrogens is 257 g/mol. The number of ether oxygens (including phenoxy) is 1. The topological polar surface area (TPSA) is 53.1 Å². The minimum absolute atomic E-state index is 0.0424. The van der Waals surface area contributed by atoms with Crippen molar-refractivity contribution in [2.45, 2.75) is 6.42 Å². The zero-order chi connectivity index (χ0) is 13.1. The Morgan fingerprint density at radius 3 is 2.89 bits per heavy atom. The van der Waals surface area contributed by atoms with Crippen LogP contribution in [0.2, 0.25) is 5.02 Å². The summed E-state index contributed by atoms with van der Waals surface area (Å²) in [5.74, 6) is 0.00882. The quantitative estimate of drug-likeness (QED) is 0.927. The number of hydrogen-bond donors (Lipinski definition) is 1. The van der Waals surface area contributed by atoms with Crippen LogP contribution in [0, 0.1) is 5.82 Å². The summed E-state index contributed by atoms with van der Waals surface area (Å²) in [6.45, 7) is 0.570. The number of nitrogens with two attached hydrogens (primary N) is 1. The van der Waals surface area contributed by atoms with E-state index in [1.54, 1.807) is 19.2 Å². The molecule has 0 saturated heterocycles. The maximum atomic E-state index is 13.1. The summed E-state index contributed by atoms with van der Waals surface area (Å²) in [6, 6.07) is 6.11. The lowest BCUT2D eigenvalue weighted by Crippen LogP contribution is -2.03. The van der Waals surface area contributed by atoms with Gasteiger partial charge < -0.3 is 10.5 Å². The van der Waals surface area contributed by atoms with Crippen molar-refractivity contribution in [1.82, 2.24) is 9.78 Å². The minimum Gasteiger partial charge on any atom is -0.384 e. The Morgan fingerprint density at radius 2 is 2.22 bits per heavy atom. The van der Waals surface area contributed by atoms with E-state index >= 15 is 0 Å². The van der Waals surface area contributed by atoms with Crippen LogP contribution in [0.15, 0.2) is 24.3 Å². The van der Waals surface area contributed by atoms with Crippen molar-refractivity contribution in [3.8, 4) is 5.69 Å². The number of nitrogens with zero attached hydrogens (tertiary/aromatic N) is 2. The zero-order valence-electron chi connectivity index (χ0n) is 9.86. The van der Waals surface area contributed by atoms with Crippen LogP contribution in [0.5, 0.6) is 0 Å². The summed E-state index contributed by atoms with van der Waals surface area (Å²) in [7, 11) is 1.63. The van der Waals surface area contributed by atoms with E-state index in [0.29, 0.717) is 24.5 Å². The molecule has 0 radical (unpaired) electrons. The van der Waals surface area contributed by atoms with Crippen LogP contribution in [-0.4, -0.2) is 23.5 Å². The predicted molar refractivity (Wildman–Crippen MR) is 68.5 cm³/mol. The molecule has 2 N–H and O–H groups in total. The lowest BCUT2D eigenvalue weighted by Gasteiger charge is -2.04. The zero-order valence-corrected chi connectivity index (χ0v) is 10.6. The van der Waals surface area contributed by atoms with E-state index in [1.807, 2.05) is 0 Å². The molecule has 0 bridgehead atoms.